The Morgan fingerprint density at radius 3 is 2.45 bits per heavy atom. The molecule has 49 heavy (non-hydrogen) atoms. The van der Waals surface area contributed by atoms with Crippen molar-refractivity contribution in [1.82, 2.24) is 20.2 Å². The van der Waals surface area contributed by atoms with Gasteiger partial charge < -0.3 is 19.5 Å². The molecule has 2 bridgehead atoms. The van der Waals surface area contributed by atoms with Gasteiger partial charge in [0.25, 0.3) is 5.91 Å². The van der Waals surface area contributed by atoms with Crippen molar-refractivity contribution < 1.29 is 31.3 Å². The zero-order valence-corrected chi connectivity index (χ0v) is 29.2. The van der Waals surface area contributed by atoms with E-state index in [-0.39, 0.29) is 47.0 Å². The van der Waals surface area contributed by atoms with Crippen LogP contribution in [-0.2, 0) is 16.6 Å². The SMILES string of the molecule is CC(C)Oc1cc(C(=O)NS(=O)(=O)C2(C)CC2)cc2sc(N3C4CCC3CC(NCc3c(-c5c(F)cccc5F)noc3C3CC3)C4)nc12. The Morgan fingerprint density at radius 2 is 1.82 bits per heavy atom. The minimum absolute atomic E-state index is 0.152. The zero-order valence-electron chi connectivity index (χ0n) is 27.6. The minimum atomic E-state index is -3.80. The Morgan fingerprint density at radius 1 is 1.12 bits per heavy atom. The Kier molecular flexibility index (Phi) is 7.99. The Labute approximate surface area is 287 Å². The molecule has 0 spiro atoms. The van der Waals surface area contributed by atoms with Gasteiger partial charge in [0.15, 0.2) is 5.13 Å². The molecule has 2 aliphatic carbocycles. The number of piperidine rings is 1. The van der Waals surface area contributed by atoms with Crippen molar-refractivity contribution in [2.24, 2.45) is 0 Å². The topological polar surface area (TPSA) is 127 Å². The maximum atomic E-state index is 14.8. The number of ether oxygens (including phenoxy) is 1. The van der Waals surface area contributed by atoms with Crippen LogP contribution in [-0.4, -0.2) is 53.4 Å². The average molecular weight is 712 g/mol. The molecular weight excluding hydrogens is 673 g/mol. The molecule has 0 radical (unpaired) electrons. The molecular formula is C35H39F2N5O5S2. The first-order chi connectivity index (χ1) is 23.4. The molecule has 10 nitrogen and oxygen atoms in total. The highest BCUT2D eigenvalue weighted by Crippen LogP contribution is 2.47. The van der Waals surface area contributed by atoms with E-state index < -0.39 is 32.3 Å². The predicted octanol–water partition coefficient (Wildman–Crippen LogP) is 6.80. The summed E-state index contributed by atoms with van der Waals surface area (Å²) in [6, 6.07) is 7.74. The predicted molar refractivity (Wildman–Crippen MR) is 182 cm³/mol. The first kappa shape index (κ1) is 32.6. The lowest BCUT2D eigenvalue weighted by Gasteiger charge is -2.39. The number of thiazole rings is 1. The second kappa shape index (κ2) is 12.0. The van der Waals surface area contributed by atoms with Crippen molar-refractivity contribution in [2.45, 2.75) is 114 Å². The zero-order chi connectivity index (χ0) is 34.2. The van der Waals surface area contributed by atoms with Crippen molar-refractivity contribution in [1.29, 1.82) is 0 Å². The molecule has 4 aromatic rings. The number of halogens is 2. The van der Waals surface area contributed by atoms with E-state index >= 15 is 0 Å². The lowest BCUT2D eigenvalue weighted by Crippen LogP contribution is -2.49. The molecule has 2 saturated carbocycles. The van der Waals surface area contributed by atoms with Crippen LogP contribution < -0.4 is 19.7 Å². The first-order valence-electron chi connectivity index (χ1n) is 17.0. The Hall–Kier alpha value is -3.62. The molecule has 2 saturated heterocycles. The summed E-state index contributed by atoms with van der Waals surface area (Å²) < 4.78 is 69.0. The third-order valence-electron chi connectivity index (χ3n) is 10.4. The summed E-state index contributed by atoms with van der Waals surface area (Å²) in [5.41, 5.74) is 1.66. The summed E-state index contributed by atoms with van der Waals surface area (Å²) in [4.78, 5) is 20.6. The number of rotatable bonds is 11. The monoisotopic (exact) mass is 711 g/mol. The molecule has 4 aliphatic rings. The van der Waals surface area contributed by atoms with Crippen LogP contribution in [0.2, 0.25) is 0 Å². The molecule has 8 rings (SSSR count). The maximum absolute atomic E-state index is 14.8. The van der Waals surface area contributed by atoms with Crippen LogP contribution in [0.15, 0.2) is 34.9 Å². The summed E-state index contributed by atoms with van der Waals surface area (Å²) in [5.74, 6) is -0.609. The summed E-state index contributed by atoms with van der Waals surface area (Å²) >= 11 is 1.48. The molecule has 1 amide bonds. The average Bonchev–Trinajstić information content (AvgIpc) is 3.92. The number of nitrogens with one attached hydrogen (secondary N) is 2. The number of carbonyl (C=O) groups excluding carboxylic acids is 1. The summed E-state index contributed by atoms with van der Waals surface area (Å²) in [5, 5.41) is 8.67. The highest BCUT2D eigenvalue weighted by Gasteiger charge is 2.51. The van der Waals surface area contributed by atoms with Crippen molar-refractivity contribution in [3.63, 3.8) is 0 Å². The molecule has 4 heterocycles. The maximum Gasteiger partial charge on any atom is 0.264 e. The van der Waals surface area contributed by atoms with Gasteiger partial charge in [0, 0.05) is 41.7 Å². The van der Waals surface area contributed by atoms with Crippen molar-refractivity contribution in [3.8, 4) is 17.0 Å². The largest absolute Gasteiger partial charge is 0.489 e. The number of fused-ring (bicyclic) bond motifs is 3. The standard InChI is InChI=1S/C35H39F2N5O5S2/c1-18(2)46-27-13-20(33(43)41-49(44,45)35(3)11-12-35)14-28-31(27)39-34(48-28)42-22-9-10-23(42)16-21(15-22)38-17-24-30(40-47-32(24)19-7-8-19)29-25(36)5-4-6-26(29)37/h4-6,13-14,18-19,21-23,38H,7-12,15-17H2,1-3H3,(H,41,43). The number of carbonyl (C=O) groups is 1. The van der Waals surface area contributed by atoms with Crippen LogP contribution >= 0.6 is 11.3 Å². The molecule has 260 valence electrons. The Balaban J connectivity index is 1.02. The van der Waals surface area contributed by atoms with Gasteiger partial charge >= 0.3 is 0 Å². The van der Waals surface area contributed by atoms with E-state index in [2.05, 4.69) is 20.1 Å². The number of aromatic nitrogens is 2. The number of nitrogens with zero attached hydrogens (tertiary/aromatic N) is 3. The van der Waals surface area contributed by atoms with Crippen LogP contribution in [0.5, 0.6) is 5.75 Å². The third-order valence-corrected chi connectivity index (χ3v) is 13.6. The number of amides is 1. The van der Waals surface area contributed by atoms with E-state index in [9.17, 15) is 22.0 Å². The normalized spacial score (nSPS) is 23.0. The van der Waals surface area contributed by atoms with Crippen LogP contribution in [0.4, 0.5) is 13.9 Å². The number of sulfonamides is 1. The lowest BCUT2D eigenvalue weighted by molar-refractivity contribution is 0.0980. The quantitative estimate of drug-likeness (QED) is 0.173. The fraction of sp³-hybridized carbons (Fsp3) is 0.514. The number of hydrogen-bond acceptors (Lipinski definition) is 10. The number of hydrogen-bond donors (Lipinski definition) is 2. The smallest absolute Gasteiger partial charge is 0.264 e. The van der Waals surface area contributed by atoms with Gasteiger partial charge in [0.1, 0.15) is 34.4 Å². The highest BCUT2D eigenvalue weighted by atomic mass is 32.2. The highest BCUT2D eigenvalue weighted by molar-refractivity contribution is 7.91. The molecule has 2 aliphatic heterocycles. The second-order valence-electron chi connectivity index (χ2n) is 14.5. The van der Waals surface area contributed by atoms with Gasteiger partial charge in [-0.15, -0.1) is 0 Å². The molecule has 2 atom stereocenters. The van der Waals surface area contributed by atoms with Crippen molar-refractivity contribution in [3.05, 3.63) is 58.9 Å². The van der Waals surface area contributed by atoms with Gasteiger partial charge in [-0.25, -0.2) is 26.9 Å². The fourth-order valence-corrected chi connectivity index (χ4v) is 9.72. The van der Waals surface area contributed by atoms with Crippen LogP contribution in [0.1, 0.15) is 99.7 Å². The van der Waals surface area contributed by atoms with E-state index in [4.69, 9.17) is 14.2 Å². The van der Waals surface area contributed by atoms with Crippen molar-refractivity contribution >= 4 is 42.6 Å². The number of benzene rings is 2. The van der Waals surface area contributed by atoms with E-state index in [1.54, 1.807) is 19.1 Å². The third kappa shape index (κ3) is 5.99. The first-order valence-corrected chi connectivity index (χ1v) is 19.3. The molecule has 2 aromatic carbocycles. The minimum Gasteiger partial charge on any atom is -0.489 e. The second-order valence-corrected chi connectivity index (χ2v) is 17.7. The molecule has 4 fully saturated rings. The number of anilines is 1. The fourth-order valence-electron chi connectivity index (χ4n) is 7.30. The summed E-state index contributed by atoms with van der Waals surface area (Å²) in [6.07, 6.45) is 6.55. The molecule has 2 aromatic heterocycles. The van der Waals surface area contributed by atoms with E-state index in [0.29, 0.717) is 36.4 Å². The van der Waals surface area contributed by atoms with Gasteiger partial charge in [-0.2, -0.15) is 0 Å². The summed E-state index contributed by atoms with van der Waals surface area (Å²) in [7, 11) is -3.80. The van der Waals surface area contributed by atoms with Crippen LogP contribution in [0, 0.1) is 11.6 Å². The van der Waals surface area contributed by atoms with Gasteiger partial charge in [0.05, 0.1) is 21.1 Å². The molecule has 2 unspecified atom stereocenters. The van der Waals surface area contributed by atoms with Crippen molar-refractivity contribution in [2.75, 3.05) is 4.90 Å². The molecule has 14 heteroatoms. The molecule has 2 N–H and O–H groups in total. The van der Waals surface area contributed by atoms with Gasteiger partial charge in [-0.05, 0) is 96.4 Å². The van der Waals surface area contributed by atoms with Crippen LogP contribution in [0.3, 0.4) is 0 Å². The van der Waals surface area contributed by atoms with E-state index in [0.717, 1.165) is 53.9 Å². The summed E-state index contributed by atoms with van der Waals surface area (Å²) in [6.45, 7) is 5.84. The van der Waals surface area contributed by atoms with Gasteiger partial charge in [-0.1, -0.05) is 22.6 Å². The van der Waals surface area contributed by atoms with Crippen LogP contribution in [0.25, 0.3) is 21.5 Å². The lowest BCUT2D eigenvalue weighted by atomic mass is 9.97. The Bertz CT molecular complexity index is 2020. The van der Waals surface area contributed by atoms with E-state index in [1.807, 2.05) is 13.8 Å². The van der Waals surface area contributed by atoms with E-state index in [1.165, 1.54) is 29.5 Å². The van der Waals surface area contributed by atoms with Gasteiger partial charge in [-0.3, -0.25) is 4.79 Å². The van der Waals surface area contributed by atoms with Gasteiger partial charge in [0.2, 0.25) is 10.0 Å².